The maximum Gasteiger partial charge on any atom is 0.227 e. The number of rotatable bonds is 4. The first-order chi connectivity index (χ1) is 11.2. The van der Waals surface area contributed by atoms with E-state index in [-0.39, 0.29) is 23.7 Å². The summed E-state index contributed by atoms with van der Waals surface area (Å²) in [5.74, 6) is 0.423. The maximum atomic E-state index is 12.3. The lowest BCUT2D eigenvalue weighted by molar-refractivity contribution is -0.129. The molecule has 2 amide bonds. The van der Waals surface area contributed by atoms with Gasteiger partial charge in [0.05, 0.1) is 0 Å². The molecule has 0 bridgehead atoms. The molecule has 23 heavy (non-hydrogen) atoms. The van der Waals surface area contributed by atoms with Crippen molar-refractivity contribution in [2.45, 2.75) is 57.4 Å². The molecular formula is C19H26N2O2. The highest BCUT2D eigenvalue weighted by molar-refractivity contribution is 5.92. The van der Waals surface area contributed by atoms with Gasteiger partial charge in [0, 0.05) is 23.6 Å². The van der Waals surface area contributed by atoms with Crippen molar-refractivity contribution in [2.75, 3.05) is 5.32 Å². The van der Waals surface area contributed by atoms with Crippen molar-refractivity contribution >= 4 is 17.5 Å². The van der Waals surface area contributed by atoms with Crippen LogP contribution in [-0.2, 0) is 9.59 Å². The summed E-state index contributed by atoms with van der Waals surface area (Å²) in [4.78, 5) is 24.6. The zero-order valence-corrected chi connectivity index (χ0v) is 13.6. The van der Waals surface area contributed by atoms with E-state index in [1.807, 2.05) is 30.3 Å². The van der Waals surface area contributed by atoms with E-state index in [1.54, 1.807) is 0 Å². The summed E-state index contributed by atoms with van der Waals surface area (Å²) >= 11 is 0. The third-order valence-electron chi connectivity index (χ3n) is 5.21. The van der Waals surface area contributed by atoms with E-state index in [0.717, 1.165) is 44.2 Å². The number of amides is 2. The Balaban J connectivity index is 1.44. The number of hydrogen-bond donors (Lipinski definition) is 2. The van der Waals surface area contributed by atoms with Gasteiger partial charge in [-0.15, -0.1) is 0 Å². The van der Waals surface area contributed by atoms with Crippen LogP contribution in [0.3, 0.4) is 0 Å². The van der Waals surface area contributed by atoms with Gasteiger partial charge >= 0.3 is 0 Å². The van der Waals surface area contributed by atoms with E-state index in [9.17, 15) is 9.59 Å². The summed E-state index contributed by atoms with van der Waals surface area (Å²) in [6.45, 7) is 0. The molecule has 0 heterocycles. The molecule has 0 radical (unpaired) electrons. The fourth-order valence-electron chi connectivity index (χ4n) is 3.77. The molecular weight excluding hydrogens is 288 g/mol. The number of hydrogen-bond acceptors (Lipinski definition) is 2. The molecule has 1 aromatic rings. The van der Waals surface area contributed by atoms with Gasteiger partial charge in [-0.3, -0.25) is 9.59 Å². The van der Waals surface area contributed by atoms with Crippen molar-refractivity contribution in [2.24, 2.45) is 11.8 Å². The van der Waals surface area contributed by atoms with Gasteiger partial charge in [-0.2, -0.15) is 0 Å². The molecule has 2 N–H and O–H groups in total. The quantitative estimate of drug-likeness (QED) is 0.894. The van der Waals surface area contributed by atoms with E-state index in [2.05, 4.69) is 10.6 Å². The highest BCUT2D eigenvalue weighted by Crippen LogP contribution is 2.30. The van der Waals surface area contributed by atoms with Crippen molar-refractivity contribution < 1.29 is 9.59 Å². The second kappa shape index (κ2) is 7.62. The van der Waals surface area contributed by atoms with E-state index in [4.69, 9.17) is 0 Å². The number of anilines is 1. The van der Waals surface area contributed by atoms with Gasteiger partial charge in [-0.25, -0.2) is 0 Å². The molecule has 1 aromatic carbocycles. The molecule has 2 saturated carbocycles. The first-order valence-electron chi connectivity index (χ1n) is 8.88. The van der Waals surface area contributed by atoms with E-state index in [0.29, 0.717) is 6.04 Å². The Morgan fingerprint density at radius 3 is 1.96 bits per heavy atom. The van der Waals surface area contributed by atoms with Crippen LogP contribution in [0.15, 0.2) is 30.3 Å². The Kier molecular flexibility index (Phi) is 5.31. The van der Waals surface area contributed by atoms with Gasteiger partial charge in [0.15, 0.2) is 0 Å². The van der Waals surface area contributed by atoms with Crippen LogP contribution in [0.25, 0.3) is 0 Å². The van der Waals surface area contributed by atoms with E-state index in [1.165, 1.54) is 12.8 Å². The van der Waals surface area contributed by atoms with Gasteiger partial charge in [-0.1, -0.05) is 31.0 Å². The molecule has 0 spiro atoms. The highest BCUT2D eigenvalue weighted by Gasteiger charge is 2.31. The largest absolute Gasteiger partial charge is 0.353 e. The Hall–Kier alpha value is -1.84. The normalized spacial score (nSPS) is 25.0. The number of nitrogens with one attached hydrogen (secondary N) is 2. The van der Waals surface area contributed by atoms with Crippen LogP contribution in [0.1, 0.15) is 51.4 Å². The minimum Gasteiger partial charge on any atom is -0.353 e. The molecule has 2 aliphatic carbocycles. The summed E-state index contributed by atoms with van der Waals surface area (Å²) in [6, 6.07) is 9.96. The van der Waals surface area contributed by atoms with Crippen LogP contribution in [0.5, 0.6) is 0 Å². The van der Waals surface area contributed by atoms with Gasteiger partial charge in [0.1, 0.15) is 0 Å². The fourth-order valence-corrected chi connectivity index (χ4v) is 3.77. The van der Waals surface area contributed by atoms with E-state index >= 15 is 0 Å². The predicted octanol–water partition coefficient (Wildman–Crippen LogP) is 3.49. The van der Waals surface area contributed by atoms with Crippen molar-refractivity contribution in [3.8, 4) is 0 Å². The average molecular weight is 314 g/mol. The molecule has 0 atom stereocenters. The third-order valence-corrected chi connectivity index (χ3v) is 5.21. The van der Waals surface area contributed by atoms with E-state index < -0.39 is 0 Å². The van der Waals surface area contributed by atoms with Crippen LogP contribution in [0.4, 0.5) is 5.69 Å². The van der Waals surface area contributed by atoms with Gasteiger partial charge in [-0.05, 0) is 50.7 Å². The van der Waals surface area contributed by atoms with Crippen LogP contribution >= 0.6 is 0 Å². The molecule has 2 fully saturated rings. The number of benzene rings is 1. The first-order valence-corrected chi connectivity index (χ1v) is 8.88. The molecule has 3 rings (SSSR count). The molecule has 0 saturated heterocycles. The molecule has 4 nitrogen and oxygen atoms in total. The first kappa shape index (κ1) is 16.0. The number of para-hydroxylation sites is 1. The average Bonchev–Trinajstić information content (AvgIpc) is 3.09. The minimum atomic E-state index is 0.0331. The summed E-state index contributed by atoms with van der Waals surface area (Å²) in [5, 5.41) is 6.17. The second-order valence-electron chi connectivity index (χ2n) is 6.89. The summed E-state index contributed by atoms with van der Waals surface area (Å²) in [5.41, 5.74) is 0.846. The molecule has 2 aliphatic rings. The standard InChI is InChI=1S/C19H26N2O2/c22-18(20-16-6-2-1-3-7-16)14-10-12-15(13-11-14)19(23)21-17-8-4-5-9-17/h1-3,6-7,14-15,17H,4-5,8-13H2,(H,20,22)(H,21,23). The molecule has 0 unspecified atom stereocenters. The Labute approximate surface area is 138 Å². The monoisotopic (exact) mass is 314 g/mol. The lowest BCUT2D eigenvalue weighted by Crippen LogP contribution is -2.39. The van der Waals surface area contributed by atoms with Crippen molar-refractivity contribution in [3.63, 3.8) is 0 Å². The fraction of sp³-hybridized carbons (Fsp3) is 0.579. The highest BCUT2D eigenvalue weighted by atomic mass is 16.2. The lowest BCUT2D eigenvalue weighted by Gasteiger charge is -2.28. The SMILES string of the molecule is O=C(Nc1ccccc1)C1CCC(C(=O)NC2CCCC2)CC1. The summed E-state index contributed by atoms with van der Waals surface area (Å²) in [6.07, 6.45) is 7.98. The Bertz CT molecular complexity index is 530. The van der Waals surface area contributed by atoms with Crippen molar-refractivity contribution in [3.05, 3.63) is 30.3 Å². The maximum absolute atomic E-state index is 12.3. The smallest absolute Gasteiger partial charge is 0.227 e. The summed E-state index contributed by atoms with van der Waals surface area (Å²) in [7, 11) is 0. The van der Waals surface area contributed by atoms with Gasteiger partial charge < -0.3 is 10.6 Å². The minimum absolute atomic E-state index is 0.0331. The third kappa shape index (κ3) is 4.34. The molecule has 124 valence electrons. The topological polar surface area (TPSA) is 58.2 Å². The number of carbonyl (C=O) groups excluding carboxylic acids is 2. The van der Waals surface area contributed by atoms with Crippen LogP contribution < -0.4 is 10.6 Å². The second-order valence-corrected chi connectivity index (χ2v) is 6.89. The predicted molar refractivity (Wildman–Crippen MR) is 90.9 cm³/mol. The molecule has 0 aliphatic heterocycles. The van der Waals surface area contributed by atoms with Crippen molar-refractivity contribution in [1.82, 2.24) is 5.32 Å². The lowest BCUT2D eigenvalue weighted by atomic mass is 9.81. The molecule has 4 heteroatoms. The zero-order chi connectivity index (χ0) is 16.1. The van der Waals surface area contributed by atoms with Crippen molar-refractivity contribution in [1.29, 1.82) is 0 Å². The Morgan fingerprint density at radius 1 is 0.783 bits per heavy atom. The van der Waals surface area contributed by atoms with Crippen LogP contribution in [-0.4, -0.2) is 17.9 Å². The van der Waals surface area contributed by atoms with Crippen LogP contribution in [0, 0.1) is 11.8 Å². The van der Waals surface area contributed by atoms with Crippen LogP contribution in [0.2, 0.25) is 0 Å². The number of carbonyl (C=O) groups is 2. The zero-order valence-electron chi connectivity index (χ0n) is 13.6. The van der Waals surface area contributed by atoms with Gasteiger partial charge in [0.25, 0.3) is 0 Å². The summed E-state index contributed by atoms with van der Waals surface area (Å²) < 4.78 is 0. The van der Waals surface area contributed by atoms with Gasteiger partial charge in [0.2, 0.25) is 11.8 Å². The Morgan fingerprint density at radius 2 is 1.35 bits per heavy atom. The molecule has 0 aromatic heterocycles.